The molecule has 0 saturated heterocycles. The van der Waals surface area contributed by atoms with Crippen molar-refractivity contribution < 1.29 is 14.3 Å². The number of carbonyl (C=O) groups is 2. The fourth-order valence-corrected chi connectivity index (χ4v) is 4.17. The third kappa shape index (κ3) is 3.92. The lowest BCUT2D eigenvalue weighted by molar-refractivity contribution is -0.136. The number of carbonyl (C=O) groups excluding carboxylic acids is 2. The van der Waals surface area contributed by atoms with Crippen LogP contribution in [0.5, 0.6) is 5.75 Å². The average molecular weight is 411 g/mol. The van der Waals surface area contributed by atoms with E-state index in [1.807, 2.05) is 36.4 Å². The molecule has 5 nitrogen and oxygen atoms in total. The Morgan fingerprint density at radius 3 is 2.79 bits per heavy atom. The Labute approximate surface area is 175 Å². The van der Waals surface area contributed by atoms with Gasteiger partial charge >= 0.3 is 0 Å². The zero-order valence-corrected chi connectivity index (χ0v) is 17.3. The smallest absolute Gasteiger partial charge is 0.290 e. The van der Waals surface area contributed by atoms with Gasteiger partial charge in [0.05, 0.1) is 12.5 Å². The van der Waals surface area contributed by atoms with Gasteiger partial charge in [0, 0.05) is 41.0 Å². The van der Waals surface area contributed by atoms with Gasteiger partial charge in [0.2, 0.25) is 0 Å². The van der Waals surface area contributed by atoms with Crippen molar-refractivity contribution in [2.24, 2.45) is 5.92 Å². The lowest BCUT2D eigenvalue weighted by Gasteiger charge is -2.28. The van der Waals surface area contributed by atoms with Gasteiger partial charge in [-0.2, -0.15) is 0 Å². The maximum absolute atomic E-state index is 13.2. The highest BCUT2D eigenvalue weighted by Gasteiger charge is 2.41. The van der Waals surface area contributed by atoms with Gasteiger partial charge in [-0.1, -0.05) is 37.6 Å². The Bertz CT molecular complexity index is 985. The topological polar surface area (TPSA) is 59.5 Å². The van der Waals surface area contributed by atoms with Gasteiger partial charge in [-0.3, -0.25) is 14.6 Å². The van der Waals surface area contributed by atoms with E-state index < -0.39 is 6.04 Å². The van der Waals surface area contributed by atoms with E-state index in [1.165, 1.54) is 0 Å². The molecule has 0 bridgehead atoms. The van der Waals surface area contributed by atoms with Crippen molar-refractivity contribution in [3.8, 4) is 5.75 Å². The van der Waals surface area contributed by atoms with Crippen LogP contribution in [0.1, 0.15) is 31.5 Å². The third-order valence-electron chi connectivity index (χ3n) is 5.34. The minimum absolute atomic E-state index is 0.00106. The van der Waals surface area contributed by atoms with E-state index in [1.54, 1.807) is 11.1 Å². The minimum Gasteiger partial charge on any atom is -0.451 e. The highest BCUT2D eigenvalue weighted by atomic mass is 35.5. The zero-order chi connectivity index (χ0) is 20.5. The normalized spacial score (nSPS) is 16.6. The molecule has 150 valence electrons. The van der Waals surface area contributed by atoms with Gasteiger partial charge in [-0.25, -0.2) is 0 Å². The first-order chi connectivity index (χ1) is 13.9. The SMILES string of the molecule is CC(C)C[C@@H](C(=O)Cc1ccccn1)N1CC2=C(Oc3cccc(Cl)c3C2)C1=O. The number of nitrogens with zero attached hydrogens (tertiary/aromatic N) is 2. The Kier molecular flexibility index (Phi) is 5.41. The van der Waals surface area contributed by atoms with Crippen molar-refractivity contribution >= 4 is 23.3 Å². The number of halogens is 1. The van der Waals surface area contributed by atoms with E-state index in [0.29, 0.717) is 41.6 Å². The van der Waals surface area contributed by atoms with Crippen molar-refractivity contribution in [1.29, 1.82) is 0 Å². The third-order valence-corrected chi connectivity index (χ3v) is 5.69. The van der Waals surface area contributed by atoms with Crippen LogP contribution in [0.15, 0.2) is 53.9 Å². The number of hydrogen-bond donors (Lipinski definition) is 0. The quantitative estimate of drug-likeness (QED) is 0.722. The van der Waals surface area contributed by atoms with Crippen molar-refractivity contribution in [2.75, 3.05) is 6.54 Å². The predicted molar refractivity (Wildman–Crippen MR) is 111 cm³/mol. The van der Waals surface area contributed by atoms with Crippen LogP contribution < -0.4 is 4.74 Å². The molecule has 6 heteroatoms. The number of ether oxygens (including phenoxy) is 1. The Hall–Kier alpha value is -2.66. The first-order valence-electron chi connectivity index (χ1n) is 9.85. The zero-order valence-electron chi connectivity index (χ0n) is 16.5. The van der Waals surface area contributed by atoms with Crippen LogP contribution in [-0.4, -0.2) is 34.2 Å². The molecule has 0 spiro atoms. The molecular formula is C23H23ClN2O3. The van der Waals surface area contributed by atoms with E-state index in [-0.39, 0.29) is 24.0 Å². The summed E-state index contributed by atoms with van der Waals surface area (Å²) in [6.45, 7) is 4.51. The molecule has 0 fully saturated rings. The van der Waals surface area contributed by atoms with E-state index in [0.717, 1.165) is 11.1 Å². The summed E-state index contributed by atoms with van der Waals surface area (Å²) >= 11 is 6.32. The molecule has 29 heavy (non-hydrogen) atoms. The molecule has 1 aromatic heterocycles. The molecule has 1 amide bonds. The molecule has 0 radical (unpaired) electrons. The molecule has 0 aliphatic carbocycles. The fourth-order valence-electron chi connectivity index (χ4n) is 3.94. The van der Waals surface area contributed by atoms with Gasteiger partial charge in [0.15, 0.2) is 11.5 Å². The lowest BCUT2D eigenvalue weighted by atomic mass is 9.96. The second kappa shape index (κ2) is 7.99. The summed E-state index contributed by atoms with van der Waals surface area (Å²) < 4.78 is 5.91. The van der Waals surface area contributed by atoms with Crippen LogP contribution >= 0.6 is 11.6 Å². The summed E-state index contributed by atoms with van der Waals surface area (Å²) in [5.41, 5.74) is 2.49. The van der Waals surface area contributed by atoms with Crippen LogP contribution in [0.25, 0.3) is 0 Å². The minimum atomic E-state index is -0.503. The number of rotatable bonds is 6. The Morgan fingerprint density at radius 1 is 1.24 bits per heavy atom. The Balaban J connectivity index is 1.57. The molecule has 2 aliphatic heterocycles. The summed E-state index contributed by atoms with van der Waals surface area (Å²) in [7, 11) is 0. The van der Waals surface area contributed by atoms with E-state index in [9.17, 15) is 9.59 Å². The highest BCUT2D eigenvalue weighted by Crippen LogP contribution is 2.39. The lowest BCUT2D eigenvalue weighted by Crippen LogP contribution is -2.45. The Morgan fingerprint density at radius 2 is 2.07 bits per heavy atom. The molecule has 0 N–H and O–H groups in total. The summed E-state index contributed by atoms with van der Waals surface area (Å²) in [5.74, 6) is 1.02. The number of pyridine rings is 1. The number of Topliss-reactive ketones (excluding diaryl/α,β-unsaturated/α-hetero) is 1. The molecule has 0 saturated carbocycles. The average Bonchev–Trinajstić information content (AvgIpc) is 3.01. The number of ketones is 1. The van der Waals surface area contributed by atoms with Gasteiger partial charge in [-0.05, 0) is 36.6 Å². The monoisotopic (exact) mass is 410 g/mol. The van der Waals surface area contributed by atoms with Crippen LogP contribution in [0, 0.1) is 5.92 Å². The van der Waals surface area contributed by atoms with Crippen LogP contribution in [-0.2, 0) is 22.4 Å². The van der Waals surface area contributed by atoms with E-state index in [4.69, 9.17) is 16.3 Å². The summed E-state index contributed by atoms with van der Waals surface area (Å²) in [6.07, 6.45) is 3.05. The second-order valence-electron chi connectivity index (χ2n) is 7.97. The number of fused-ring (bicyclic) bond motifs is 1. The van der Waals surface area contributed by atoms with Crippen LogP contribution in [0.2, 0.25) is 5.02 Å². The largest absolute Gasteiger partial charge is 0.451 e. The molecule has 4 rings (SSSR count). The first-order valence-corrected chi connectivity index (χ1v) is 10.2. The van der Waals surface area contributed by atoms with Crippen molar-refractivity contribution in [2.45, 2.75) is 39.2 Å². The number of hydrogen-bond acceptors (Lipinski definition) is 4. The predicted octanol–water partition coefficient (Wildman–Crippen LogP) is 3.99. The molecule has 1 atom stereocenters. The maximum Gasteiger partial charge on any atom is 0.290 e. The highest BCUT2D eigenvalue weighted by molar-refractivity contribution is 6.31. The summed E-state index contributed by atoms with van der Waals surface area (Å²) in [5, 5.41) is 0.630. The number of amides is 1. The van der Waals surface area contributed by atoms with Crippen molar-refractivity contribution in [1.82, 2.24) is 9.88 Å². The first kappa shape index (κ1) is 19.6. The molecular weight excluding hydrogens is 388 g/mol. The standard InChI is InChI=1S/C23H23ClN2O3/c1-14(2)10-19(20(27)12-16-6-3-4-9-25-16)26-13-15-11-17-18(24)7-5-8-21(17)29-22(15)23(26)28/h3-9,14,19H,10-13H2,1-2H3/t19-/m0/s1. The van der Waals surface area contributed by atoms with Crippen molar-refractivity contribution in [3.05, 3.63) is 70.2 Å². The van der Waals surface area contributed by atoms with E-state index in [2.05, 4.69) is 18.8 Å². The molecule has 3 heterocycles. The van der Waals surface area contributed by atoms with Gasteiger partial charge in [-0.15, -0.1) is 0 Å². The number of benzene rings is 1. The van der Waals surface area contributed by atoms with E-state index >= 15 is 0 Å². The maximum atomic E-state index is 13.2. The summed E-state index contributed by atoms with van der Waals surface area (Å²) in [4.78, 5) is 32.2. The fraction of sp³-hybridized carbons (Fsp3) is 0.348. The van der Waals surface area contributed by atoms with Crippen molar-refractivity contribution in [3.63, 3.8) is 0 Å². The summed E-state index contributed by atoms with van der Waals surface area (Å²) in [6, 6.07) is 10.5. The molecule has 2 aliphatic rings. The van der Waals surface area contributed by atoms with Gasteiger partial charge in [0.1, 0.15) is 5.75 Å². The van der Waals surface area contributed by atoms with Gasteiger partial charge < -0.3 is 9.64 Å². The second-order valence-corrected chi connectivity index (χ2v) is 8.38. The van der Waals surface area contributed by atoms with Gasteiger partial charge in [0.25, 0.3) is 5.91 Å². The number of aromatic nitrogens is 1. The van der Waals surface area contributed by atoms with Crippen LogP contribution in [0.3, 0.4) is 0 Å². The molecule has 2 aromatic rings. The molecule has 0 unspecified atom stereocenters. The van der Waals surface area contributed by atoms with Crippen LogP contribution in [0.4, 0.5) is 0 Å². The molecule has 1 aromatic carbocycles.